The van der Waals surface area contributed by atoms with Gasteiger partial charge in [0.25, 0.3) is 0 Å². The average molecular weight is 346 g/mol. The molecule has 0 saturated heterocycles. The lowest BCUT2D eigenvalue weighted by Crippen LogP contribution is -2.33. The maximum Gasteiger partial charge on any atom is 0.232 e. The number of rotatable bonds is 6. The normalized spacial score (nSPS) is 11.1. The number of sulfonamides is 1. The number of anilines is 2. The van der Waals surface area contributed by atoms with Crippen LogP contribution in [0.4, 0.5) is 11.4 Å². The number of hydrogen-bond donors (Lipinski definition) is 1. The molecule has 0 saturated carbocycles. The van der Waals surface area contributed by atoms with E-state index in [9.17, 15) is 13.2 Å². The van der Waals surface area contributed by atoms with Crippen LogP contribution in [0.5, 0.6) is 0 Å². The fourth-order valence-corrected chi connectivity index (χ4v) is 3.23. The summed E-state index contributed by atoms with van der Waals surface area (Å²) >= 11 is 0. The van der Waals surface area contributed by atoms with Crippen molar-refractivity contribution in [3.63, 3.8) is 0 Å². The molecule has 0 heterocycles. The molecular weight excluding hydrogens is 324 g/mol. The van der Waals surface area contributed by atoms with Crippen molar-refractivity contribution in [3.05, 3.63) is 59.7 Å². The Morgan fingerprint density at radius 3 is 2.29 bits per heavy atom. The Kier molecular flexibility index (Phi) is 5.62. The third-order valence-electron chi connectivity index (χ3n) is 3.78. The smallest absolute Gasteiger partial charge is 0.232 e. The minimum atomic E-state index is -3.46. The Bertz CT molecular complexity index is 817. The van der Waals surface area contributed by atoms with Crippen LogP contribution < -0.4 is 9.62 Å². The highest BCUT2D eigenvalue weighted by Gasteiger charge is 2.19. The molecule has 2 aromatic carbocycles. The van der Waals surface area contributed by atoms with E-state index in [1.165, 1.54) is 4.31 Å². The first-order valence-corrected chi connectivity index (χ1v) is 9.52. The van der Waals surface area contributed by atoms with E-state index in [-0.39, 0.29) is 18.9 Å². The van der Waals surface area contributed by atoms with E-state index in [1.807, 2.05) is 44.2 Å². The Morgan fingerprint density at radius 1 is 1.04 bits per heavy atom. The zero-order chi connectivity index (χ0) is 17.7. The van der Waals surface area contributed by atoms with Gasteiger partial charge in [-0.15, -0.1) is 0 Å². The number of carbonyl (C=O) groups is 1. The number of para-hydroxylation sites is 1. The molecule has 2 aromatic rings. The second kappa shape index (κ2) is 7.49. The third kappa shape index (κ3) is 4.83. The molecule has 0 bridgehead atoms. The minimum absolute atomic E-state index is 0.0783. The standard InChI is InChI=1S/C18H22N2O3S/c1-14-9-10-17(13-15(14)2)20(24(3,22)23)12-11-18(21)19-16-7-5-4-6-8-16/h4-10,13H,11-12H2,1-3H3,(H,19,21). The first-order valence-electron chi connectivity index (χ1n) is 7.67. The van der Waals surface area contributed by atoms with Gasteiger partial charge < -0.3 is 5.32 Å². The van der Waals surface area contributed by atoms with E-state index in [2.05, 4.69) is 5.32 Å². The summed E-state index contributed by atoms with van der Waals surface area (Å²) < 4.78 is 25.5. The van der Waals surface area contributed by atoms with Crippen molar-refractivity contribution in [1.82, 2.24) is 0 Å². The highest BCUT2D eigenvalue weighted by molar-refractivity contribution is 7.92. The molecule has 0 aliphatic heterocycles. The topological polar surface area (TPSA) is 66.5 Å². The Morgan fingerprint density at radius 2 is 1.71 bits per heavy atom. The summed E-state index contributed by atoms with van der Waals surface area (Å²) in [6, 6.07) is 14.6. The second-order valence-electron chi connectivity index (χ2n) is 5.77. The summed E-state index contributed by atoms with van der Waals surface area (Å²) in [7, 11) is -3.46. The summed E-state index contributed by atoms with van der Waals surface area (Å²) in [4.78, 5) is 12.1. The van der Waals surface area contributed by atoms with Crippen LogP contribution in [0.1, 0.15) is 17.5 Å². The van der Waals surface area contributed by atoms with Gasteiger partial charge in [-0.05, 0) is 49.2 Å². The molecule has 1 N–H and O–H groups in total. The highest BCUT2D eigenvalue weighted by Crippen LogP contribution is 2.21. The van der Waals surface area contributed by atoms with Gasteiger partial charge in [0.1, 0.15) is 0 Å². The summed E-state index contributed by atoms with van der Waals surface area (Å²) in [5.41, 5.74) is 3.37. The number of amides is 1. The molecule has 0 atom stereocenters. The summed E-state index contributed by atoms with van der Waals surface area (Å²) in [5, 5.41) is 2.76. The van der Waals surface area contributed by atoms with Crippen LogP contribution in [0.3, 0.4) is 0 Å². The van der Waals surface area contributed by atoms with Crippen molar-refractivity contribution in [2.45, 2.75) is 20.3 Å². The van der Waals surface area contributed by atoms with Crippen molar-refractivity contribution in [3.8, 4) is 0 Å². The molecule has 24 heavy (non-hydrogen) atoms. The van der Waals surface area contributed by atoms with E-state index >= 15 is 0 Å². The molecule has 0 aliphatic carbocycles. The van der Waals surface area contributed by atoms with Gasteiger partial charge in [-0.1, -0.05) is 24.3 Å². The summed E-state index contributed by atoms with van der Waals surface area (Å²) in [5.74, 6) is -0.223. The van der Waals surface area contributed by atoms with Crippen molar-refractivity contribution in [2.75, 3.05) is 22.4 Å². The monoisotopic (exact) mass is 346 g/mol. The number of nitrogens with one attached hydrogen (secondary N) is 1. The highest BCUT2D eigenvalue weighted by atomic mass is 32.2. The predicted octanol–water partition coefficient (Wildman–Crippen LogP) is 3.10. The average Bonchev–Trinajstić information content (AvgIpc) is 2.50. The molecule has 0 unspecified atom stereocenters. The molecule has 128 valence electrons. The zero-order valence-electron chi connectivity index (χ0n) is 14.1. The third-order valence-corrected chi connectivity index (χ3v) is 4.97. The molecule has 6 heteroatoms. The van der Waals surface area contributed by atoms with Crippen LogP contribution in [0, 0.1) is 13.8 Å². The quantitative estimate of drug-likeness (QED) is 0.874. The van der Waals surface area contributed by atoms with E-state index in [0.29, 0.717) is 11.4 Å². The van der Waals surface area contributed by atoms with Crippen LogP contribution >= 0.6 is 0 Å². The largest absolute Gasteiger partial charge is 0.326 e. The first kappa shape index (κ1) is 18.0. The van der Waals surface area contributed by atoms with E-state index in [4.69, 9.17) is 0 Å². The number of carbonyl (C=O) groups excluding carboxylic acids is 1. The van der Waals surface area contributed by atoms with Crippen LogP contribution in [0.25, 0.3) is 0 Å². The molecule has 0 fully saturated rings. The maximum absolute atomic E-state index is 12.1. The summed E-state index contributed by atoms with van der Waals surface area (Å²) in [6.45, 7) is 4.00. The van der Waals surface area contributed by atoms with Gasteiger partial charge in [0, 0.05) is 18.7 Å². The van der Waals surface area contributed by atoms with E-state index in [0.717, 1.165) is 17.4 Å². The molecule has 0 aromatic heterocycles. The predicted molar refractivity (Wildman–Crippen MR) is 97.8 cm³/mol. The van der Waals surface area contributed by atoms with Gasteiger partial charge >= 0.3 is 0 Å². The van der Waals surface area contributed by atoms with Gasteiger partial charge in [0.2, 0.25) is 15.9 Å². The minimum Gasteiger partial charge on any atom is -0.326 e. The molecule has 0 aliphatic rings. The van der Waals surface area contributed by atoms with Gasteiger partial charge in [-0.25, -0.2) is 8.42 Å². The second-order valence-corrected chi connectivity index (χ2v) is 7.67. The molecule has 0 radical (unpaired) electrons. The molecule has 5 nitrogen and oxygen atoms in total. The number of benzene rings is 2. The van der Waals surface area contributed by atoms with E-state index < -0.39 is 10.0 Å². The van der Waals surface area contributed by atoms with Crippen molar-refractivity contribution < 1.29 is 13.2 Å². The lowest BCUT2D eigenvalue weighted by atomic mass is 10.1. The fourth-order valence-electron chi connectivity index (χ4n) is 2.32. The zero-order valence-corrected chi connectivity index (χ0v) is 14.9. The fraction of sp³-hybridized carbons (Fsp3) is 0.278. The van der Waals surface area contributed by atoms with Gasteiger partial charge in [-0.3, -0.25) is 9.10 Å². The van der Waals surface area contributed by atoms with Gasteiger partial charge in [0.05, 0.1) is 11.9 Å². The lowest BCUT2D eigenvalue weighted by molar-refractivity contribution is -0.116. The Labute approximate surface area is 143 Å². The molecular formula is C18H22N2O3S. The Balaban J connectivity index is 2.10. The first-order chi connectivity index (χ1) is 11.3. The van der Waals surface area contributed by atoms with Crippen molar-refractivity contribution >= 4 is 27.3 Å². The van der Waals surface area contributed by atoms with Gasteiger partial charge in [-0.2, -0.15) is 0 Å². The molecule has 1 amide bonds. The summed E-state index contributed by atoms with van der Waals surface area (Å²) in [6.07, 6.45) is 1.23. The Hall–Kier alpha value is -2.34. The van der Waals surface area contributed by atoms with Crippen LogP contribution in [0.2, 0.25) is 0 Å². The number of aryl methyl sites for hydroxylation is 2. The number of nitrogens with zero attached hydrogens (tertiary/aromatic N) is 1. The molecule has 2 rings (SSSR count). The van der Waals surface area contributed by atoms with E-state index in [1.54, 1.807) is 18.2 Å². The van der Waals surface area contributed by atoms with Gasteiger partial charge in [0.15, 0.2) is 0 Å². The van der Waals surface area contributed by atoms with Crippen LogP contribution in [-0.4, -0.2) is 27.1 Å². The van der Waals surface area contributed by atoms with Crippen molar-refractivity contribution in [2.24, 2.45) is 0 Å². The van der Waals surface area contributed by atoms with Crippen LogP contribution in [0.15, 0.2) is 48.5 Å². The SMILES string of the molecule is Cc1ccc(N(CCC(=O)Nc2ccccc2)S(C)(=O)=O)cc1C. The lowest BCUT2D eigenvalue weighted by Gasteiger charge is -2.23. The maximum atomic E-state index is 12.1. The van der Waals surface area contributed by atoms with Crippen LogP contribution in [-0.2, 0) is 14.8 Å². The van der Waals surface area contributed by atoms with Crippen molar-refractivity contribution in [1.29, 1.82) is 0 Å². The number of hydrogen-bond acceptors (Lipinski definition) is 3. The molecule has 0 spiro atoms.